The molecule has 0 bridgehead atoms. The smallest absolute Gasteiger partial charge is 0.254 e. The Balaban J connectivity index is 1.77. The lowest BCUT2D eigenvalue weighted by Crippen LogP contribution is -2.50. The summed E-state index contributed by atoms with van der Waals surface area (Å²) in [6, 6.07) is 9.79. The Kier molecular flexibility index (Phi) is 5.97. The number of aromatic nitrogens is 1. The monoisotopic (exact) mass is 380 g/mol. The predicted molar refractivity (Wildman–Crippen MR) is 111 cm³/mol. The number of para-hydroxylation sites is 1. The summed E-state index contributed by atoms with van der Waals surface area (Å²) in [4.78, 5) is 32.3. The van der Waals surface area contributed by atoms with Gasteiger partial charge >= 0.3 is 0 Å². The van der Waals surface area contributed by atoms with E-state index in [1.165, 1.54) is 5.56 Å². The fourth-order valence-electron chi connectivity index (χ4n) is 3.51. The number of piperazine rings is 1. The van der Waals surface area contributed by atoms with Gasteiger partial charge in [-0.15, -0.1) is 0 Å². The summed E-state index contributed by atoms with van der Waals surface area (Å²) in [6.45, 7) is 10.2. The van der Waals surface area contributed by atoms with E-state index in [4.69, 9.17) is 0 Å². The zero-order valence-corrected chi connectivity index (χ0v) is 17.0. The number of rotatable bonds is 4. The van der Waals surface area contributed by atoms with E-state index in [9.17, 15) is 9.59 Å². The molecule has 2 heterocycles. The van der Waals surface area contributed by atoms with Gasteiger partial charge in [0.1, 0.15) is 5.82 Å². The minimum absolute atomic E-state index is 0.0254. The third-order valence-corrected chi connectivity index (χ3v) is 5.20. The van der Waals surface area contributed by atoms with Crippen molar-refractivity contribution in [3.63, 3.8) is 0 Å². The van der Waals surface area contributed by atoms with Crippen molar-refractivity contribution in [2.75, 3.05) is 31.5 Å². The second kappa shape index (κ2) is 8.42. The number of pyridine rings is 1. The maximum Gasteiger partial charge on any atom is 0.254 e. The number of carbonyl (C=O) groups is 2. The number of nitrogens with zero attached hydrogens (tertiary/aromatic N) is 3. The number of benzene rings is 1. The van der Waals surface area contributed by atoms with Crippen molar-refractivity contribution < 1.29 is 9.59 Å². The van der Waals surface area contributed by atoms with Crippen LogP contribution in [-0.4, -0.2) is 52.8 Å². The largest absolute Gasteiger partial charge is 0.340 e. The predicted octanol–water partition coefficient (Wildman–Crippen LogP) is 3.56. The zero-order valence-electron chi connectivity index (χ0n) is 17.0. The van der Waals surface area contributed by atoms with Crippen LogP contribution in [0.3, 0.4) is 0 Å². The van der Waals surface area contributed by atoms with E-state index >= 15 is 0 Å². The third-order valence-electron chi connectivity index (χ3n) is 5.20. The van der Waals surface area contributed by atoms with Crippen molar-refractivity contribution in [1.82, 2.24) is 14.8 Å². The number of hydrogen-bond donors (Lipinski definition) is 1. The molecule has 0 atom stereocenters. The van der Waals surface area contributed by atoms with Gasteiger partial charge in [0.15, 0.2) is 0 Å². The molecule has 3 rings (SSSR count). The second-order valence-corrected chi connectivity index (χ2v) is 7.55. The summed E-state index contributed by atoms with van der Waals surface area (Å²) >= 11 is 0. The standard InChI is InChI=1S/C22H28N4O2/c1-15(2)19-7-5-6-16(3)21(19)24-20-14-18(8-9-23-20)22(28)26-12-10-25(11-13-26)17(4)27/h5-9,14-15H,10-13H2,1-4H3,(H,23,24). The normalized spacial score (nSPS) is 14.3. The fourth-order valence-corrected chi connectivity index (χ4v) is 3.51. The lowest BCUT2D eigenvalue weighted by molar-refractivity contribution is -0.130. The van der Waals surface area contributed by atoms with Crippen LogP contribution in [0.5, 0.6) is 0 Å². The average Bonchev–Trinajstić information content (AvgIpc) is 2.69. The van der Waals surface area contributed by atoms with Gasteiger partial charge in [0.25, 0.3) is 5.91 Å². The molecule has 1 fully saturated rings. The molecule has 0 spiro atoms. The van der Waals surface area contributed by atoms with Gasteiger partial charge in [-0.2, -0.15) is 0 Å². The molecule has 0 aliphatic carbocycles. The van der Waals surface area contributed by atoms with E-state index in [0.29, 0.717) is 43.5 Å². The SMILES string of the molecule is CC(=O)N1CCN(C(=O)c2ccnc(Nc3c(C)cccc3C(C)C)c2)CC1. The number of hydrogen-bond acceptors (Lipinski definition) is 4. The maximum atomic E-state index is 12.9. The molecule has 6 heteroatoms. The molecular formula is C22H28N4O2. The van der Waals surface area contributed by atoms with Gasteiger partial charge in [0.05, 0.1) is 0 Å². The summed E-state index contributed by atoms with van der Waals surface area (Å²) in [7, 11) is 0. The Labute approximate surface area is 166 Å². The molecule has 0 saturated carbocycles. The molecule has 1 aliphatic rings. The van der Waals surface area contributed by atoms with Crippen LogP contribution < -0.4 is 5.32 Å². The van der Waals surface area contributed by atoms with Crippen LogP contribution in [0.15, 0.2) is 36.5 Å². The fraction of sp³-hybridized carbons (Fsp3) is 0.409. The zero-order chi connectivity index (χ0) is 20.3. The number of nitrogens with one attached hydrogen (secondary N) is 1. The Morgan fingerprint density at radius 3 is 2.39 bits per heavy atom. The quantitative estimate of drug-likeness (QED) is 0.881. The molecule has 2 aromatic rings. The highest BCUT2D eigenvalue weighted by Crippen LogP contribution is 2.29. The summed E-state index contributed by atoms with van der Waals surface area (Å²) in [5.74, 6) is 1.07. The van der Waals surface area contributed by atoms with Crippen LogP contribution in [0.2, 0.25) is 0 Å². The highest BCUT2D eigenvalue weighted by atomic mass is 16.2. The third kappa shape index (κ3) is 4.32. The first-order chi connectivity index (χ1) is 13.4. The van der Waals surface area contributed by atoms with Crippen LogP contribution in [0, 0.1) is 6.92 Å². The van der Waals surface area contributed by atoms with Crippen LogP contribution in [0.1, 0.15) is 48.2 Å². The van der Waals surface area contributed by atoms with E-state index in [1.54, 1.807) is 35.1 Å². The Hall–Kier alpha value is -2.89. The lowest BCUT2D eigenvalue weighted by Gasteiger charge is -2.34. The van der Waals surface area contributed by atoms with Gasteiger partial charge in [0.2, 0.25) is 5.91 Å². The van der Waals surface area contributed by atoms with Gasteiger partial charge < -0.3 is 15.1 Å². The first kappa shape index (κ1) is 19.9. The minimum Gasteiger partial charge on any atom is -0.340 e. The molecule has 1 N–H and O–H groups in total. The highest BCUT2D eigenvalue weighted by molar-refractivity contribution is 5.95. The maximum absolute atomic E-state index is 12.9. The van der Waals surface area contributed by atoms with Crippen molar-refractivity contribution in [2.24, 2.45) is 0 Å². The van der Waals surface area contributed by atoms with E-state index in [2.05, 4.69) is 49.3 Å². The molecular weight excluding hydrogens is 352 g/mol. The van der Waals surface area contributed by atoms with Crippen LogP contribution in [-0.2, 0) is 4.79 Å². The van der Waals surface area contributed by atoms with Crippen LogP contribution >= 0.6 is 0 Å². The average molecular weight is 380 g/mol. The molecule has 28 heavy (non-hydrogen) atoms. The van der Waals surface area contributed by atoms with Crippen molar-refractivity contribution >= 4 is 23.3 Å². The van der Waals surface area contributed by atoms with Crippen molar-refractivity contribution in [3.8, 4) is 0 Å². The Bertz CT molecular complexity index is 871. The molecule has 1 aromatic heterocycles. The molecule has 148 valence electrons. The summed E-state index contributed by atoms with van der Waals surface area (Å²) in [6.07, 6.45) is 1.66. The van der Waals surface area contributed by atoms with Gasteiger partial charge in [0, 0.05) is 50.6 Å². The first-order valence-corrected chi connectivity index (χ1v) is 9.74. The van der Waals surface area contributed by atoms with Gasteiger partial charge in [-0.1, -0.05) is 32.0 Å². The molecule has 6 nitrogen and oxygen atoms in total. The van der Waals surface area contributed by atoms with E-state index in [1.807, 2.05) is 0 Å². The summed E-state index contributed by atoms with van der Waals surface area (Å²) in [5.41, 5.74) is 4.02. The van der Waals surface area contributed by atoms with E-state index in [0.717, 1.165) is 11.3 Å². The molecule has 1 aliphatic heterocycles. The molecule has 0 unspecified atom stereocenters. The van der Waals surface area contributed by atoms with Crippen LogP contribution in [0.25, 0.3) is 0 Å². The molecule has 1 saturated heterocycles. The second-order valence-electron chi connectivity index (χ2n) is 7.55. The number of carbonyl (C=O) groups excluding carboxylic acids is 2. The number of anilines is 2. The van der Waals surface area contributed by atoms with Crippen molar-refractivity contribution in [1.29, 1.82) is 0 Å². The molecule has 1 aromatic carbocycles. The summed E-state index contributed by atoms with van der Waals surface area (Å²) < 4.78 is 0. The lowest BCUT2D eigenvalue weighted by atomic mass is 9.98. The highest BCUT2D eigenvalue weighted by Gasteiger charge is 2.23. The molecule has 0 radical (unpaired) electrons. The van der Waals surface area contributed by atoms with Crippen molar-refractivity contribution in [2.45, 2.75) is 33.6 Å². The van der Waals surface area contributed by atoms with Crippen molar-refractivity contribution in [3.05, 3.63) is 53.2 Å². The van der Waals surface area contributed by atoms with E-state index in [-0.39, 0.29) is 11.8 Å². The van der Waals surface area contributed by atoms with Gasteiger partial charge in [-0.25, -0.2) is 4.98 Å². The Morgan fingerprint density at radius 2 is 1.75 bits per heavy atom. The van der Waals surface area contributed by atoms with Gasteiger partial charge in [-0.3, -0.25) is 9.59 Å². The Morgan fingerprint density at radius 1 is 1.07 bits per heavy atom. The summed E-state index contributed by atoms with van der Waals surface area (Å²) in [5, 5.41) is 3.41. The topological polar surface area (TPSA) is 65.5 Å². The number of amides is 2. The first-order valence-electron chi connectivity index (χ1n) is 9.74. The minimum atomic E-state index is -0.0254. The number of aryl methyl sites for hydroxylation is 1. The van der Waals surface area contributed by atoms with Crippen LogP contribution in [0.4, 0.5) is 11.5 Å². The van der Waals surface area contributed by atoms with E-state index < -0.39 is 0 Å². The molecule has 2 amide bonds. The van der Waals surface area contributed by atoms with Gasteiger partial charge in [-0.05, 0) is 36.1 Å².